The first-order valence-electron chi connectivity index (χ1n) is 6.44. The molecule has 0 amide bonds. The van der Waals surface area contributed by atoms with E-state index in [2.05, 4.69) is 6.92 Å². The molecule has 2 atom stereocenters. The van der Waals surface area contributed by atoms with Crippen molar-refractivity contribution in [3.63, 3.8) is 0 Å². The molecule has 1 aliphatic carbocycles. The van der Waals surface area contributed by atoms with Gasteiger partial charge in [0.1, 0.15) is 0 Å². The smallest absolute Gasteiger partial charge is 0.333 e. The van der Waals surface area contributed by atoms with Crippen LogP contribution in [0, 0.1) is 0 Å². The highest BCUT2D eigenvalue weighted by molar-refractivity contribution is 5.89. The Kier molecular flexibility index (Phi) is 6.22. The second-order valence-electron chi connectivity index (χ2n) is 4.38. The molecule has 98 valence electrons. The van der Waals surface area contributed by atoms with Crippen LogP contribution in [0.25, 0.3) is 0 Å². The molecule has 0 bridgehead atoms. The van der Waals surface area contributed by atoms with Gasteiger partial charge >= 0.3 is 5.97 Å². The Morgan fingerprint density at radius 2 is 2.18 bits per heavy atom. The summed E-state index contributed by atoms with van der Waals surface area (Å²) in [5.41, 5.74) is 6.58. The van der Waals surface area contributed by atoms with Gasteiger partial charge in [0, 0.05) is 18.2 Å². The van der Waals surface area contributed by atoms with Crippen LogP contribution < -0.4 is 5.73 Å². The van der Waals surface area contributed by atoms with Crippen LogP contribution in [0.15, 0.2) is 11.6 Å². The van der Waals surface area contributed by atoms with Gasteiger partial charge in [0.05, 0.1) is 12.7 Å². The molecule has 0 aliphatic heterocycles. The number of ether oxygens (including phenoxy) is 2. The average molecular weight is 241 g/mol. The van der Waals surface area contributed by atoms with Crippen LogP contribution in [0.3, 0.4) is 0 Å². The molecule has 2 unspecified atom stereocenters. The summed E-state index contributed by atoms with van der Waals surface area (Å²) in [5.74, 6) is -0.239. The summed E-state index contributed by atoms with van der Waals surface area (Å²) in [5, 5.41) is 0. The molecule has 0 heterocycles. The van der Waals surface area contributed by atoms with Gasteiger partial charge in [-0.2, -0.15) is 0 Å². The van der Waals surface area contributed by atoms with Crippen molar-refractivity contribution in [2.75, 3.05) is 13.2 Å². The van der Waals surface area contributed by atoms with E-state index in [1.165, 1.54) is 0 Å². The Balaban J connectivity index is 2.40. The molecule has 0 radical (unpaired) electrons. The van der Waals surface area contributed by atoms with Crippen LogP contribution in [0.2, 0.25) is 0 Å². The zero-order chi connectivity index (χ0) is 12.7. The Hall–Kier alpha value is -0.870. The minimum absolute atomic E-state index is 0.115. The Labute approximate surface area is 103 Å². The molecule has 0 aromatic rings. The normalized spacial score (nSPS) is 23.6. The first-order chi connectivity index (χ1) is 8.19. The first kappa shape index (κ1) is 14.2. The molecule has 0 aromatic heterocycles. The maximum Gasteiger partial charge on any atom is 0.333 e. The average Bonchev–Trinajstić information content (AvgIpc) is 2.68. The summed E-state index contributed by atoms with van der Waals surface area (Å²) in [6.07, 6.45) is 5.11. The lowest BCUT2D eigenvalue weighted by Crippen LogP contribution is -2.32. The highest BCUT2D eigenvalue weighted by Crippen LogP contribution is 2.21. The third-order valence-corrected chi connectivity index (χ3v) is 2.75. The van der Waals surface area contributed by atoms with E-state index in [1.807, 2.05) is 13.0 Å². The molecule has 0 aromatic carbocycles. The van der Waals surface area contributed by atoms with Gasteiger partial charge in [0.2, 0.25) is 0 Å². The van der Waals surface area contributed by atoms with Crippen molar-refractivity contribution in [1.82, 2.24) is 0 Å². The topological polar surface area (TPSA) is 61.5 Å². The van der Waals surface area contributed by atoms with E-state index in [0.29, 0.717) is 25.2 Å². The van der Waals surface area contributed by atoms with E-state index in [0.717, 1.165) is 19.3 Å². The number of unbranched alkanes of at least 4 members (excludes halogenated alkanes) is 1. The molecule has 17 heavy (non-hydrogen) atoms. The zero-order valence-corrected chi connectivity index (χ0v) is 10.8. The zero-order valence-electron chi connectivity index (χ0n) is 10.8. The minimum atomic E-state index is -0.239. The maximum atomic E-state index is 11.7. The molecule has 4 heteroatoms. The Morgan fingerprint density at radius 3 is 2.82 bits per heavy atom. The maximum absolute atomic E-state index is 11.7. The molecule has 0 spiro atoms. The van der Waals surface area contributed by atoms with Crippen molar-refractivity contribution < 1.29 is 14.3 Å². The fourth-order valence-corrected chi connectivity index (χ4v) is 1.74. The third-order valence-electron chi connectivity index (χ3n) is 2.75. The van der Waals surface area contributed by atoms with Crippen LogP contribution in [0.1, 0.15) is 39.5 Å². The van der Waals surface area contributed by atoms with Crippen molar-refractivity contribution in [3.8, 4) is 0 Å². The van der Waals surface area contributed by atoms with Crippen molar-refractivity contribution in [1.29, 1.82) is 0 Å². The molecule has 2 N–H and O–H groups in total. The number of hydrogen-bond acceptors (Lipinski definition) is 4. The van der Waals surface area contributed by atoms with E-state index in [-0.39, 0.29) is 18.1 Å². The Morgan fingerprint density at radius 1 is 1.41 bits per heavy atom. The third kappa shape index (κ3) is 4.48. The SMILES string of the molecule is CCCCOC(=O)C1=CC(OCCC)C(N)C1. The summed E-state index contributed by atoms with van der Waals surface area (Å²) in [7, 11) is 0. The number of carbonyl (C=O) groups excluding carboxylic acids is 1. The van der Waals surface area contributed by atoms with Crippen LogP contribution >= 0.6 is 0 Å². The van der Waals surface area contributed by atoms with E-state index in [4.69, 9.17) is 15.2 Å². The number of nitrogens with two attached hydrogens (primary N) is 1. The fourth-order valence-electron chi connectivity index (χ4n) is 1.74. The molecule has 0 saturated carbocycles. The van der Waals surface area contributed by atoms with Crippen molar-refractivity contribution >= 4 is 5.97 Å². The lowest BCUT2D eigenvalue weighted by molar-refractivity contribution is -0.139. The quantitative estimate of drug-likeness (QED) is 0.545. The van der Waals surface area contributed by atoms with E-state index in [1.54, 1.807) is 0 Å². The summed E-state index contributed by atoms with van der Waals surface area (Å²) in [4.78, 5) is 11.7. The predicted octanol–water partition coefficient (Wildman–Crippen LogP) is 1.78. The van der Waals surface area contributed by atoms with E-state index < -0.39 is 0 Å². The van der Waals surface area contributed by atoms with Gasteiger partial charge in [0.25, 0.3) is 0 Å². The molecule has 1 rings (SSSR count). The second kappa shape index (κ2) is 7.45. The summed E-state index contributed by atoms with van der Waals surface area (Å²) in [6.45, 7) is 5.27. The highest BCUT2D eigenvalue weighted by Gasteiger charge is 2.29. The molecular formula is C13H23NO3. The van der Waals surface area contributed by atoms with Crippen LogP contribution in [0.4, 0.5) is 0 Å². The highest BCUT2D eigenvalue weighted by atomic mass is 16.5. The summed E-state index contributed by atoms with van der Waals surface area (Å²) >= 11 is 0. The second-order valence-corrected chi connectivity index (χ2v) is 4.38. The largest absolute Gasteiger partial charge is 0.462 e. The first-order valence-corrected chi connectivity index (χ1v) is 6.44. The van der Waals surface area contributed by atoms with Gasteiger partial charge in [-0.15, -0.1) is 0 Å². The number of hydrogen-bond donors (Lipinski definition) is 1. The fraction of sp³-hybridized carbons (Fsp3) is 0.769. The van der Waals surface area contributed by atoms with Gasteiger partial charge in [-0.05, 0) is 25.3 Å². The molecular weight excluding hydrogens is 218 g/mol. The van der Waals surface area contributed by atoms with E-state index >= 15 is 0 Å². The molecule has 4 nitrogen and oxygen atoms in total. The molecule has 0 fully saturated rings. The van der Waals surface area contributed by atoms with Crippen LogP contribution in [-0.4, -0.2) is 31.3 Å². The summed E-state index contributed by atoms with van der Waals surface area (Å²) in [6, 6.07) is -0.115. The van der Waals surface area contributed by atoms with Crippen molar-refractivity contribution in [3.05, 3.63) is 11.6 Å². The monoisotopic (exact) mass is 241 g/mol. The summed E-state index contributed by atoms with van der Waals surface area (Å²) < 4.78 is 10.7. The van der Waals surface area contributed by atoms with Gasteiger partial charge in [-0.1, -0.05) is 20.3 Å². The minimum Gasteiger partial charge on any atom is -0.462 e. The van der Waals surface area contributed by atoms with Crippen LogP contribution in [-0.2, 0) is 14.3 Å². The van der Waals surface area contributed by atoms with Crippen molar-refractivity contribution in [2.24, 2.45) is 5.73 Å². The van der Waals surface area contributed by atoms with Gasteiger partial charge < -0.3 is 15.2 Å². The number of esters is 1. The number of carbonyl (C=O) groups is 1. The Bertz CT molecular complexity index is 276. The number of rotatable bonds is 7. The molecule has 1 aliphatic rings. The van der Waals surface area contributed by atoms with Crippen molar-refractivity contribution in [2.45, 2.75) is 51.7 Å². The van der Waals surface area contributed by atoms with Gasteiger partial charge in [-0.3, -0.25) is 0 Å². The van der Waals surface area contributed by atoms with Gasteiger partial charge in [-0.25, -0.2) is 4.79 Å². The predicted molar refractivity (Wildman–Crippen MR) is 66.6 cm³/mol. The lowest BCUT2D eigenvalue weighted by Gasteiger charge is -2.14. The molecule has 0 saturated heterocycles. The van der Waals surface area contributed by atoms with Crippen LogP contribution in [0.5, 0.6) is 0 Å². The lowest BCUT2D eigenvalue weighted by atomic mass is 10.2. The standard InChI is InChI=1S/C13H23NO3/c1-3-5-7-17-13(15)10-8-11(14)12(9-10)16-6-4-2/h9,11-12H,3-8,14H2,1-2H3. The van der Waals surface area contributed by atoms with Gasteiger partial charge in [0.15, 0.2) is 0 Å². The van der Waals surface area contributed by atoms with E-state index in [9.17, 15) is 4.79 Å².